The lowest BCUT2D eigenvalue weighted by atomic mass is 9.99. The van der Waals surface area contributed by atoms with Gasteiger partial charge in [-0.15, -0.1) is 0 Å². The number of carbonyl (C=O) groups excluding carboxylic acids is 1. The van der Waals surface area contributed by atoms with Crippen LogP contribution in [-0.2, 0) is 26.8 Å². The number of ether oxygens (including phenoxy) is 1. The van der Waals surface area contributed by atoms with E-state index in [4.69, 9.17) is 4.74 Å². The van der Waals surface area contributed by atoms with Crippen LogP contribution in [0.1, 0.15) is 28.4 Å². The van der Waals surface area contributed by atoms with Crippen molar-refractivity contribution in [3.63, 3.8) is 0 Å². The summed E-state index contributed by atoms with van der Waals surface area (Å²) < 4.78 is 28.0. The Morgan fingerprint density at radius 1 is 1.03 bits per heavy atom. The average molecular weight is 419 g/mol. The Morgan fingerprint density at radius 2 is 1.62 bits per heavy atom. The van der Waals surface area contributed by atoms with E-state index < -0.39 is 27.6 Å². The predicted octanol–water partition coefficient (Wildman–Crippen LogP) is 2.30. The number of amides is 1. The number of rotatable bonds is 10. The minimum absolute atomic E-state index is 0.0214. The second kappa shape index (κ2) is 10.1. The number of aliphatic carboxylic acids is 1. The molecule has 0 aliphatic heterocycles. The number of benzene rings is 2. The van der Waals surface area contributed by atoms with Crippen LogP contribution in [0.25, 0.3) is 0 Å². The second-order valence-corrected chi connectivity index (χ2v) is 8.93. The van der Waals surface area contributed by atoms with E-state index in [0.717, 1.165) is 17.6 Å². The van der Waals surface area contributed by atoms with E-state index in [2.05, 4.69) is 5.32 Å². The highest BCUT2D eigenvalue weighted by molar-refractivity contribution is 7.89. The van der Waals surface area contributed by atoms with E-state index in [1.54, 1.807) is 24.3 Å². The van der Waals surface area contributed by atoms with Gasteiger partial charge < -0.3 is 15.2 Å². The fourth-order valence-electron chi connectivity index (χ4n) is 2.79. The van der Waals surface area contributed by atoms with Crippen molar-refractivity contribution >= 4 is 21.7 Å². The second-order valence-electron chi connectivity index (χ2n) is 6.79. The minimum Gasteiger partial charge on any atom is -0.494 e. The molecule has 1 amide bonds. The highest BCUT2D eigenvalue weighted by Crippen LogP contribution is 2.15. The molecular weight excluding hydrogens is 394 g/mol. The molecule has 0 unspecified atom stereocenters. The first-order valence-corrected chi connectivity index (χ1v) is 11.2. The molecule has 0 heterocycles. The number of hydrogen-bond acceptors (Lipinski definition) is 5. The molecule has 0 aliphatic rings. The first kappa shape index (κ1) is 22.4. The van der Waals surface area contributed by atoms with Crippen LogP contribution in [0.2, 0.25) is 0 Å². The summed E-state index contributed by atoms with van der Waals surface area (Å²) in [5.74, 6) is -1.56. The molecule has 2 aromatic rings. The van der Waals surface area contributed by atoms with Gasteiger partial charge >= 0.3 is 5.97 Å². The topological polar surface area (TPSA) is 110 Å². The molecule has 8 heteroatoms. The molecule has 7 nitrogen and oxygen atoms in total. The standard InChI is InChI=1S/C21H25NO6S/c1-3-28-19-10-6-15(7-11-19)12-18(21(24)25)13-22-20(23)17-8-4-16(5-9-17)14-29(2,26)27/h4-11,18H,3,12-14H2,1-2H3,(H,22,23)(H,24,25)/t18-/m0/s1. The van der Waals surface area contributed by atoms with Crippen molar-refractivity contribution in [2.45, 2.75) is 19.1 Å². The number of carbonyl (C=O) groups is 2. The summed E-state index contributed by atoms with van der Waals surface area (Å²) in [5, 5.41) is 12.1. The maximum absolute atomic E-state index is 12.3. The minimum atomic E-state index is -3.15. The third kappa shape index (κ3) is 7.57. The van der Waals surface area contributed by atoms with Gasteiger partial charge in [0.25, 0.3) is 5.91 Å². The predicted molar refractivity (Wildman–Crippen MR) is 110 cm³/mol. The molecule has 0 radical (unpaired) electrons. The summed E-state index contributed by atoms with van der Waals surface area (Å²) >= 11 is 0. The van der Waals surface area contributed by atoms with Crippen molar-refractivity contribution in [2.75, 3.05) is 19.4 Å². The van der Waals surface area contributed by atoms with Gasteiger partial charge in [0.05, 0.1) is 18.3 Å². The lowest BCUT2D eigenvalue weighted by Gasteiger charge is -2.14. The first-order valence-electron chi connectivity index (χ1n) is 9.17. The number of nitrogens with one attached hydrogen (secondary N) is 1. The highest BCUT2D eigenvalue weighted by atomic mass is 32.2. The van der Waals surface area contributed by atoms with E-state index in [1.807, 2.05) is 19.1 Å². The molecule has 0 aromatic heterocycles. The lowest BCUT2D eigenvalue weighted by Crippen LogP contribution is -2.34. The molecule has 2 N–H and O–H groups in total. The number of carboxylic acids is 1. The van der Waals surface area contributed by atoms with Crippen molar-refractivity contribution in [3.8, 4) is 5.75 Å². The highest BCUT2D eigenvalue weighted by Gasteiger charge is 2.19. The molecule has 0 aliphatic carbocycles. The van der Waals surface area contributed by atoms with Crippen molar-refractivity contribution in [1.82, 2.24) is 5.32 Å². The van der Waals surface area contributed by atoms with Gasteiger partial charge in [0.1, 0.15) is 5.75 Å². The fourth-order valence-corrected chi connectivity index (χ4v) is 3.59. The fraction of sp³-hybridized carbons (Fsp3) is 0.333. The SMILES string of the molecule is CCOc1ccc(C[C@@H](CNC(=O)c2ccc(CS(C)(=O)=O)cc2)C(=O)O)cc1. The zero-order valence-electron chi connectivity index (χ0n) is 16.4. The Morgan fingerprint density at radius 3 is 2.14 bits per heavy atom. The van der Waals surface area contributed by atoms with Gasteiger partial charge in [-0.3, -0.25) is 9.59 Å². The van der Waals surface area contributed by atoms with Crippen LogP contribution >= 0.6 is 0 Å². The zero-order valence-corrected chi connectivity index (χ0v) is 17.2. The molecule has 0 bridgehead atoms. The quantitative estimate of drug-likeness (QED) is 0.612. The van der Waals surface area contributed by atoms with Crippen LogP contribution in [0.5, 0.6) is 5.75 Å². The van der Waals surface area contributed by atoms with Gasteiger partial charge in [-0.2, -0.15) is 0 Å². The Kier molecular flexibility index (Phi) is 7.78. The molecule has 2 aromatic carbocycles. The molecule has 0 spiro atoms. The Labute approximate surface area is 170 Å². The smallest absolute Gasteiger partial charge is 0.308 e. The van der Waals surface area contributed by atoms with Gasteiger partial charge in [-0.25, -0.2) is 8.42 Å². The van der Waals surface area contributed by atoms with Crippen LogP contribution < -0.4 is 10.1 Å². The molecular formula is C21H25NO6S. The molecule has 0 fully saturated rings. The summed E-state index contributed by atoms with van der Waals surface area (Å²) in [6, 6.07) is 13.4. The summed E-state index contributed by atoms with van der Waals surface area (Å²) in [4.78, 5) is 23.9. The molecule has 29 heavy (non-hydrogen) atoms. The molecule has 1 atom stereocenters. The van der Waals surface area contributed by atoms with E-state index in [-0.39, 0.29) is 18.7 Å². The average Bonchev–Trinajstić information content (AvgIpc) is 2.65. The van der Waals surface area contributed by atoms with Crippen LogP contribution in [0, 0.1) is 5.92 Å². The summed E-state index contributed by atoms with van der Waals surface area (Å²) in [6.45, 7) is 2.42. The number of sulfone groups is 1. The van der Waals surface area contributed by atoms with Gasteiger partial charge in [0.15, 0.2) is 9.84 Å². The third-order valence-electron chi connectivity index (χ3n) is 4.22. The van der Waals surface area contributed by atoms with Gasteiger partial charge in [-0.1, -0.05) is 24.3 Å². The van der Waals surface area contributed by atoms with Crippen molar-refractivity contribution in [2.24, 2.45) is 5.92 Å². The lowest BCUT2D eigenvalue weighted by molar-refractivity contribution is -0.141. The van der Waals surface area contributed by atoms with E-state index in [1.165, 1.54) is 12.1 Å². The van der Waals surface area contributed by atoms with Gasteiger partial charge in [0.2, 0.25) is 0 Å². The molecule has 0 saturated carbocycles. The third-order valence-corrected chi connectivity index (χ3v) is 5.08. The van der Waals surface area contributed by atoms with Crippen molar-refractivity contribution < 1.29 is 27.9 Å². The van der Waals surface area contributed by atoms with E-state index >= 15 is 0 Å². The van der Waals surface area contributed by atoms with E-state index in [0.29, 0.717) is 17.7 Å². The van der Waals surface area contributed by atoms with E-state index in [9.17, 15) is 23.1 Å². The molecule has 0 saturated heterocycles. The number of hydrogen-bond donors (Lipinski definition) is 2. The Balaban J connectivity index is 1.95. The molecule has 156 valence electrons. The molecule has 2 rings (SSSR count). The largest absolute Gasteiger partial charge is 0.494 e. The monoisotopic (exact) mass is 419 g/mol. The Bertz CT molecular complexity index is 936. The summed E-state index contributed by atoms with van der Waals surface area (Å²) in [6.07, 6.45) is 1.42. The Hall–Kier alpha value is -2.87. The summed E-state index contributed by atoms with van der Waals surface area (Å²) in [7, 11) is -3.15. The zero-order chi connectivity index (χ0) is 21.4. The number of carboxylic acid groups (broad SMARTS) is 1. The van der Waals surface area contributed by atoms with Gasteiger partial charge in [0, 0.05) is 18.4 Å². The van der Waals surface area contributed by atoms with Crippen LogP contribution in [0.15, 0.2) is 48.5 Å². The first-order chi connectivity index (χ1) is 13.7. The maximum Gasteiger partial charge on any atom is 0.308 e. The van der Waals surface area contributed by atoms with Gasteiger partial charge in [-0.05, 0) is 48.7 Å². The van der Waals surface area contributed by atoms with Crippen molar-refractivity contribution in [1.29, 1.82) is 0 Å². The van der Waals surface area contributed by atoms with Crippen LogP contribution in [0.4, 0.5) is 0 Å². The maximum atomic E-state index is 12.3. The van der Waals surface area contributed by atoms with Crippen molar-refractivity contribution in [3.05, 3.63) is 65.2 Å². The van der Waals surface area contributed by atoms with Crippen LogP contribution in [0.3, 0.4) is 0 Å². The summed E-state index contributed by atoms with van der Waals surface area (Å²) in [5.41, 5.74) is 1.76. The van der Waals surface area contributed by atoms with Crippen LogP contribution in [-0.4, -0.2) is 44.8 Å². The normalized spacial score (nSPS) is 12.2.